The molecule has 196 valence electrons. The SMILES string of the molecule is Cc1c(NC(=O)c2ccc(Nc3nc(-c4ccccc4)c4ccccc4n3)cc2)cccc1OCCN(C)C. The van der Waals surface area contributed by atoms with E-state index in [1.807, 2.05) is 106 Å². The fraction of sp³-hybridized carbons (Fsp3) is 0.156. The molecule has 0 unspecified atom stereocenters. The van der Waals surface area contributed by atoms with E-state index in [2.05, 4.69) is 15.5 Å². The molecule has 4 aromatic carbocycles. The van der Waals surface area contributed by atoms with E-state index in [0.29, 0.717) is 18.1 Å². The molecule has 0 saturated carbocycles. The number of fused-ring (bicyclic) bond motifs is 1. The fourth-order valence-corrected chi connectivity index (χ4v) is 4.22. The normalized spacial score (nSPS) is 11.0. The lowest BCUT2D eigenvalue weighted by molar-refractivity contribution is 0.102. The molecule has 0 aliphatic heterocycles. The van der Waals surface area contributed by atoms with Crippen LogP contribution < -0.4 is 15.4 Å². The second-order valence-electron chi connectivity index (χ2n) is 9.52. The summed E-state index contributed by atoms with van der Waals surface area (Å²) in [7, 11) is 4.01. The summed E-state index contributed by atoms with van der Waals surface area (Å²) in [4.78, 5) is 24.6. The summed E-state index contributed by atoms with van der Waals surface area (Å²) in [6, 6.07) is 31.0. The molecule has 0 atom stereocenters. The molecule has 0 fully saturated rings. The highest BCUT2D eigenvalue weighted by atomic mass is 16.5. The van der Waals surface area contributed by atoms with Crippen LogP contribution in [0.4, 0.5) is 17.3 Å². The van der Waals surface area contributed by atoms with Crippen molar-refractivity contribution in [2.75, 3.05) is 37.9 Å². The molecule has 0 spiro atoms. The Morgan fingerprint density at radius 2 is 1.59 bits per heavy atom. The monoisotopic (exact) mass is 517 g/mol. The number of hydrogen-bond donors (Lipinski definition) is 2. The molecule has 0 aliphatic rings. The van der Waals surface area contributed by atoms with Crippen molar-refractivity contribution in [3.63, 3.8) is 0 Å². The lowest BCUT2D eigenvalue weighted by Crippen LogP contribution is -2.20. The zero-order valence-electron chi connectivity index (χ0n) is 22.3. The van der Waals surface area contributed by atoms with Crippen LogP contribution in [0, 0.1) is 6.92 Å². The van der Waals surface area contributed by atoms with Crippen molar-refractivity contribution in [2.45, 2.75) is 6.92 Å². The second-order valence-corrected chi connectivity index (χ2v) is 9.52. The summed E-state index contributed by atoms with van der Waals surface area (Å²) in [6.07, 6.45) is 0. The largest absolute Gasteiger partial charge is 0.492 e. The van der Waals surface area contributed by atoms with Crippen molar-refractivity contribution in [1.29, 1.82) is 0 Å². The minimum atomic E-state index is -0.191. The highest BCUT2D eigenvalue weighted by Crippen LogP contribution is 2.29. The first-order chi connectivity index (χ1) is 19.0. The molecule has 0 saturated heterocycles. The van der Waals surface area contributed by atoms with E-state index in [1.54, 1.807) is 12.1 Å². The molecule has 1 amide bonds. The summed E-state index contributed by atoms with van der Waals surface area (Å²) in [5, 5.41) is 7.29. The quantitative estimate of drug-likeness (QED) is 0.231. The molecule has 2 N–H and O–H groups in total. The smallest absolute Gasteiger partial charge is 0.255 e. The van der Waals surface area contributed by atoms with Crippen LogP contribution in [0.25, 0.3) is 22.2 Å². The van der Waals surface area contributed by atoms with Gasteiger partial charge in [-0.25, -0.2) is 9.97 Å². The van der Waals surface area contributed by atoms with Gasteiger partial charge in [0.1, 0.15) is 12.4 Å². The highest BCUT2D eigenvalue weighted by Gasteiger charge is 2.12. The number of hydrogen-bond acceptors (Lipinski definition) is 6. The van der Waals surface area contributed by atoms with E-state index >= 15 is 0 Å². The number of para-hydroxylation sites is 1. The van der Waals surface area contributed by atoms with Crippen LogP contribution in [-0.4, -0.2) is 48.0 Å². The number of amides is 1. The summed E-state index contributed by atoms with van der Waals surface area (Å²) < 4.78 is 5.90. The van der Waals surface area contributed by atoms with Crippen molar-refractivity contribution < 1.29 is 9.53 Å². The van der Waals surface area contributed by atoms with Gasteiger partial charge in [0, 0.05) is 40.0 Å². The van der Waals surface area contributed by atoms with Crippen LogP contribution in [0.5, 0.6) is 5.75 Å². The summed E-state index contributed by atoms with van der Waals surface area (Å²) in [5.74, 6) is 1.06. The van der Waals surface area contributed by atoms with Gasteiger partial charge in [0.05, 0.1) is 11.2 Å². The molecular weight excluding hydrogens is 486 g/mol. The minimum Gasteiger partial charge on any atom is -0.492 e. The van der Waals surface area contributed by atoms with E-state index in [4.69, 9.17) is 14.7 Å². The van der Waals surface area contributed by atoms with Crippen LogP contribution in [-0.2, 0) is 0 Å². The molecule has 5 rings (SSSR count). The Hall–Kier alpha value is -4.75. The summed E-state index contributed by atoms with van der Waals surface area (Å²) in [6.45, 7) is 3.34. The van der Waals surface area contributed by atoms with E-state index in [1.165, 1.54) is 0 Å². The van der Waals surface area contributed by atoms with Crippen LogP contribution in [0.15, 0.2) is 97.1 Å². The first-order valence-electron chi connectivity index (χ1n) is 12.9. The Morgan fingerprint density at radius 1 is 0.846 bits per heavy atom. The van der Waals surface area contributed by atoms with Gasteiger partial charge in [-0.15, -0.1) is 0 Å². The first kappa shape index (κ1) is 25.9. The average molecular weight is 518 g/mol. The highest BCUT2D eigenvalue weighted by molar-refractivity contribution is 6.05. The number of likely N-dealkylation sites (N-methyl/N-ethyl adjacent to an activating group) is 1. The third-order valence-electron chi connectivity index (χ3n) is 6.38. The van der Waals surface area contributed by atoms with Gasteiger partial charge in [0.15, 0.2) is 0 Å². The molecule has 1 heterocycles. The van der Waals surface area contributed by atoms with Crippen molar-refractivity contribution >= 4 is 34.1 Å². The van der Waals surface area contributed by atoms with Gasteiger partial charge in [-0.3, -0.25) is 4.79 Å². The van der Waals surface area contributed by atoms with Crippen molar-refractivity contribution in [3.05, 3.63) is 108 Å². The number of nitrogens with one attached hydrogen (secondary N) is 2. The third-order valence-corrected chi connectivity index (χ3v) is 6.38. The summed E-state index contributed by atoms with van der Waals surface area (Å²) >= 11 is 0. The maximum atomic E-state index is 13.0. The van der Waals surface area contributed by atoms with Gasteiger partial charge in [0.25, 0.3) is 5.91 Å². The van der Waals surface area contributed by atoms with E-state index in [9.17, 15) is 4.79 Å². The zero-order chi connectivity index (χ0) is 27.2. The van der Waals surface area contributed by atoms with Gasteiger partial charge in [0.2, 0.25) is 5.95 Å². The van der Waals surface area contributed by atoms with E-state index in [-0.39, 0.29) is 5.91 Å². The van der Waals surface area contributed by atoms with Gasteiger partial charge < -0.3 is 20.3 Å². The molecule has 1 aromatic heterocycles. The number of benzene rings is 4. The van der Waals surface area contributed by atoms with Crippen LogP contribution in [0.1, 0.15) is 15.9 Å². The minimum absolute atomic E-state index is 0.191. The standard InChI is InChI=1S/C32H31N5O2/c1-22-27(14-9-15-29(22)39-21-20-37(2)3)34-31(38)24-16-18-25(19-17-24)33-32-35-28-13-8-7-12-26(28)30(36-32)23-10-5-4-6-11-23/h4-19H,20-21H2,1-3H3,(H,34,38)(H,33,35,36). The summed E-state index contributed by atoms with van der Waals surface area (Å²) in [5.41, 5.74) is 5.69. The lowest BCUT2D eigenvalue weighted by Gasteiger charge is -2.15. The van der Waals surface area contributed by atoms with Crippen molar-refractivity contribution in [1.82, 2.24) is 14.9 Å². The number of rotatable bonds is 9. The molecule has 7 nitrogen and oxygen atoms in total. The van der Waals surface area contributed by atoms with Gasteiger partial charge in [-0.2, -0.15) is 0 Å². The molecule has 0 radical (unpaired) electrons. The predicted octanol–water partition coefficient (Wildman–Crippen LogP) is 6.54. The van der Waals surface area contributed by atoms with E-state index < -0.39 is 0 Å². The Balaban J connectivity index is 1.31. The number of carbonyl (C=O) groups is 1. The zero-order valence-corrected chi connectivity index (χ0v) is 22.3. The molecule has 39 heavy (non-hydrogen) atoms. The average Bonchev–Trinajstić information content (AvgIpc) is 2.95. The van der Waals surface area contributed by atoms with Crippen molar-refractivity contribution in [3.8, 4) is 17.0 Å². The maximum absolute atomic E-state index is 13.0. The number of ether oxygens (including phenoxy) is 1. The molecule has 0 aliphatic carbocycles. The number of nitrogens with zero attached hydrogens (tertiary/aromatic N) is 3. The van der Waals surface area contributed by atoms with Gasteiger partial charge >= 0.3 is 0 Å². The molecular formula is C32H31N5O2. The Labute approximate surface area is 228 Å². The van der Waals surface area contributed by atoms with Gasteiger partial charge in [-0.1, -0.05) is 54.6 Å². The van der Waals surface area contributed by atoms with Crippen LogP contribution >= 0.6 is 0 Å². The third kappa shape index (κ3) is 6.22. The predicted molar refractivity (Wildman–Crippen MR) is 158 cm³/mol. The molecule has 5 aromatic rings. The number of anilines is 3. The topological polar surface area (TPSA) is 79.4 Å². The van der Waals surface area contributed by atoms with Crippen molar-refractivity contribution in [2.24, 2.45) is 0 Å². The number of carbonyl (C=O) groups excluding carboxylic acids is 1. The maximum Gasteiger partial charge on any atom is 0.255 e. The number of aromatic nitrogens is 2. The lowest BCUT2D eigenvalue weighted by atomic mass is 10.1. The molecule has 0 bridgehead atoms. The second kappa shape index (κ2) is 11.8. The van der Waals surface area contributed by atoms with Crippen LogP contribution in [0.3, 0.4) is 0 Å². The Morgan fingerprint density at radius 3 is 2.36 bits per heavy atom. The fourth-order valence-electron chi connectivity index (χ4n) is 4.22. The molecule has 7 heteroatoms. The Kier molecular flexibility index (Phi) is 7.80. The van der Waals surface area contributed by atoms with E-state index in [0.717, 1.165) is 51.4 Å². The van der Waals surface area contributed by atoms with Gasteiger partial charge in [-0.05, 0) is 63.5 Å². The first-order valence-corrected chi connectivity index (χ1v) is 12.9. The Bertz CT molecular complexity index is 1580. The van der Waals surface area contributed by atoms with Crippen LogP contribution in [0.2, 0.25) is 0 Å².